The van der Waals surface area contributed by atoms with Crippen LogP contribution in [0.5, 0.6) is 0 Å². The molecular weight excluding hydrogens is 310 g/mol. The van der Waals surface area contributed by atoms with Crippen LogP contribution in [-0.4, -0.2) is 40.2 Å². The summed E-state index contributed by atoms with van der Waals surface area (Å²) >= 11 is 0. The number of allylic oxidation sites excluding steroid dienone is 1. The van der Waals surface area contributed by atoms with E-state index in [4.69, 9.17) is 15.5 Å². The largest absolute Gasteiger partial charge is 0.478 e. The fourth-order valence-corrected chi connectivity index (χ4v) is 2.81. The maximum Gasteiger partial charge on any atom is 0.328 e. The number of aliphatic carboxylic acids is 2. The smallest absolute Gasteiger partial charge is 0.328 e. The Labute approximate surface area is 138 Å². The van der Waals surface area contributed by atoms with E-state index in [1.54, 1.807) is 6.20 Å². The summed E-state index contributed by atoms with van der Waals surface area (Å²) in [6.07, 6.45) is 8.06. The van der Waals surface area contributed by atoms with Crippen LogP contribution in [0.25, 0.3) is 5.57 Å². The lowest BCUT2D eigenvalue weighted by molar-refractivity contribution is -0.134. The van der Waals surface area contributed by atoms with Crippen molar-refractivity contribution in [3.63, 3.8) is 0 Å². The first kappa shape index (κ1) is 17.4. The quantitative estimate of drug-likeness (QED) is 0.715. The molecule has 0 amide bonds. The second kappa shape index (κ2) is 8.04. The van der Waals surface area contributed by atoms with Crippen LogP contribution in [0.4, 0.5) is 0 Å². The second-order valence-electron chi connectivity index (χ2n) is 5.56. The molecule has 1 saturated heterocycles. The van der Waals surface area contributed by atoms with Gasteiger partial charge in [0.2, 0.25) is 0 Å². The molecule has 0 radical (unpaired) electrons. The third kappa shape index (κ3) is 4.76. The van der Waals surface area contributed by atoms with E-state index in [9.17, 15) is 9.59 Å². The first-order valence-electron chi connectivity index (χ1n) is 7.40. The summed E-state index contributed by atoms with van der Waals surface area (Å²) in [5.41, 5.74) is 3.13. The highest BCUT2D eigenvalue weighted by molar-refractivity contribution is 5.89. The van der Waals surface area contributed by atoms with Crippen LogP contribution in [-0.2, 0) is 9.59 Å². The van der Waals surface area contributed by atoms with E-state index in [1.165, 1.54) is 5.57 Å². The van der Waals surface area contributed by atoms with Gasteiger partial charge in [0.05, 0.1) is 5.56 Å². The molecule has 2 atom stereocenters. The molecule has 0 unspecified atom stereocenters. The Morgan fingerprint density at radius 3 is 2.54 bits per heavy atom. The van der Waals surface area contributed by atoms with Crippen molar-refractivity contribution in [3.05, 3.63) is 47.8 Å². The van der Waals surface area contributed by atoms with Crippen molar-refractivity contribution >= 4 is 17.5 Å². The Morgan fingerprint density at radius 2 is 1.96 bits per heavy atom. The zero-order valence-electron chi connectivity index (χ0n) is 12.8. The number of aromatic nitrogens is 1. The van der Waals surface area contributed by atoms with Crippen LogP contribution >= 0.6 is 0 Å². The topological polar surface area (TPSA) is 123 Å². The number of carboxylic acid groups (broad SMARTS) is 2. The Morgan fingerprint density at radius 1 is 1.25 bits per heavy atom. The SMILES string of the molecule is N#Cc1cncc(C2=C[C@H]3CNC[C@H]3C2)c1.O=C(O)/C=C/C(=O)O. The van der Waals surface area contributed by atoms with Gasteiger partial charge in [-0.15, -0.1) is 0 Å². The fraction of sp³-hybridized carbons (Fsp3) is 0.294. The number of fused-ring (bicyclic) bond motifs is 1. The van der Waals surface area contributed by atoms with E-state index in [2.05, 4.69) is 22.4 Å². The van der Waals surface area contributed by atoms with Crippen molar-refractivity contribution < 1.29 is 19.8 Å². The summed E-state index contributed by atoms with van der Waals surface area (Å²) in [4.78, 5) is 23.2. The standard InChI is InChI=1S/C13H13N3.C4H4O4/c14-4-9-1-11(6-15-5-9)10-2-12-7-16-8-13(12)3-10;5-3(6)1-2-4(7)8/h1-2,5-6,12-13,16H,3,7-8H2;1-2H,(H,5,6)(H,7,8)/b;2-1+/t12-,13+;/m0./s1. The molecule has 2 aliphatic rings. The molecule has 0 spiro atoms. The van der Waals surface area contributed by atoms with Crippen molar-refractivity contribution in [2.24, 2.45) is 11.8 Å². The predicted octanol–water partition coefficient (Wildman–Crippen LogP) is 1.29. The molecule has 7 nitrogen and oxygen atoms in total. The Hall–Kier alpha value is -2.98. The van der Waals surface area contributed by atoms with Crippen molar-refractivity contribution in [3.8, 4) is 6.07 Å². The molecule has 0 saturated carbocycles. The molecule has 3 N–H and O–H groups in total. The Balaban J connectivity index is 0.000000224. The van der Waals surface area contributed by atoms with Crippen LogP contribution < -0.4 is 5.32 Å². The van der Waals surface area contributed by atoms with E-state index in [-0.39, 0.29) is 0 Å². The molecule has 24 heavy (non-hydrogen) atoms. The molecular formula is C17H17N3O4. The molecule has 1 aliphatic carbocycles. The lowest BCUT2D eigenvalue weighted by Crippen LogP contribution is -2.09. The molecule has 1 aromatic heterocycles. The van der Waals surface area contributed by atoms with Gasteiger partial charge in [-0.25, -0.2) is 9.59 Å². The van der Waals surface area contributed by atoms with Crippen LogP contribution in [0.1, 0.15) is 17.5 Å². The van der Waals surface area contributed by atoms with Crippen molar-refractivity contribution in [2.75, 3.05) is 13.1 Å². The number of nitriles is 1. The van der Waals surface area contributed by atoms with Gasteiger partial charge in [-0.3, -0.25) is 4.98 Å². The lowest BCUT2D eigenvalue weighted by atomic mass is 9.98. The molecule has 124 valence electrons. The van der Waals surface area contributed by atoms with Crippen LogP contribution in [0.3, 0.4) is 0 Å². The second-order valence-corrected chi connectivity index (χ2v) is 5.56. The highest BCUT2D eigenvalue weighted by atomic mass is 16.4. The monoisotopic (exact) mass is 327 g/mol. The number of carboxylic acids is 2. The van der Waals surface area contributed by atoms with E-state index in [1.807, 2.05) is 12.3 Å². The predicted molar refractivity (Wildman–Crippen MR) is 85.8 cm³/mol. The molecule has 1 aliphatic heterocycles. The van der Waals surface area contributed by atoms with E-state index < -0.39 is 11.9 Å². The Bertz CT molecular complexity index is 718. The first-order chi connectivity index (χ1) is 11.5. The minimum absolute atomic E-state index is 0.558. The van der Waals surface area contributed by atoms with Gasteiger partial charge in [0.1, 0.15) is 6.07 Å². The summed E-state index contributed by atoms with van der Waals surface area (Å²) < 4.78 is 0. The number of nitrogens with zero attached hydrogens (tertiary/aromatic N) is 2. The number of hydrogen-bond donors (Lipinski definition) is 3. The fourth-order valence-electron chi connectivity index (χ4n) is 2.81. The minimum Gasteiger partial charge on any atom is -0.478 e. The highest BCUT2D eigenvalue weighted by Gasteiger charge is 2.31. The summed E-state index contributed by atoms with van der Waals surface area (Å²) in [5.74, 6) is -1.08. The molecule has 7 heteroatoms. The van der Waals surface area contributed by atoms with Crippen molar-refractivity contribution in [1.29, 1.82) is 5.26 Å². The highest BCUT2D eigenvalue weighted by Crippen LogP contribution is 2.37. The van der Waals surface area contributed by atoms with E-state index in [0.717, 1.165) is 31.0 Å². The zero-order valence-corrected chi connectivity index (χ0v) is 12.8. The van der Waals surface area contributed by atoms with Crippen LogP contribution in [0, 0.1) is 23.2 Å². The minimum atomic E-state index is -1.26. The average molecular weight is 327 g/mol. The Kier molecular flexibility index (Phi) is 5.82. The van der Waals surface area contributed by atoms with E-state index in [0.29, 0.717) is 23.6 Å². The number of pyridine rings is 1. The zero-order chi connectivity index (χ0) is 17.5. The normalized spacial score (nSPS) is 21.4. The van der Waals surface area contributed by atoms with Gasteiger partial charge in [-0.05, 0) is 42.0 Å². The molecule has 1 fully saturated rings. The van der Waals surface area contributed by atoms with Gasteiger partial charge in [0.25, 0.3) is 0 Å². The van der Waals surface area contributed by atoms with Crippen LogP contribution in [0.15, 0.2) is 36.7 Å². The lowest BCUT2D eigenvalue weighted by Gasteiger charge is -2.06. The molecule has 2 heterocycles. The number of nitrogens with one attached hydrogen (secondary N) is 1. The number of hydrogen-bond acceptors (Lipinski definition) is 5. The maximum atomic E-state index is 9.55. The summed E-state index contributed by atoms with van der Waals surface area (Å²) in [6, 6.07) is 4.08. The van der Waals surface area contributed by atoms with Gasteiger partial charge >= 0.3 is 11.9 Å². The van der Waals surface area contributed by atoms with Gasteiger partial charge < -0.3 is 15.5 Å². The third-order valence-corrected chi connectivity index (χ3v) is 3.90. The van der Waals surface area contributed by atoms with Crippen LogP contribution in [0.2, 0.25) is 0 Å². The van der Waals surface area contributed by atoms with Crippen molar-refractivity contribution in [2.45, 2.75) is 6.42 Å². The summed E-state index contributed by atoms with van der Waals surface area (Å²) in [6.45, 7) is 2.22. The average Bonchev–Trinajstić information content (AvgIpc) is 3.15. The van der Waals surface area contributed by atoms with Gasteiger partial charge in [0, 0.05) is 31.1 Å². The van der Waals surface area contributed by atoms with Gasteiger partial charge in [-0.1, -0.05) is 6.08 Å². The van der Waals surface area contributed by atoms with E-state index >= 15 is 0 Å². The number of rotatable bonds is 3. The van der Waals surface area contributed by atoms with Crippen molar-refractivity contribution in [1.82, 2.24) is 10.3 Å². The molecule has 0 bridgehead atoms. The summed E-state index contributed by atoms with van der Waals surface area (Å²) in [7, 11) is 0. The van der Waals surface area contributed by atoms with Gasteiger partial charge in [0.15, 0.2) is 0 Å². The third-order valence-electron chi connectivity index (χ3n) is 3.90. The molecule has 1 aromatic rings. The summed E-state index contributed by atoms with van der Waals surface area (Å²) in [5, 5.41) is 27.9. The first-order valence-corrected chi connectivity index (χ1v) is 7.40. The molecule has 3 rings (SSSR count). The molecule has 0 aromatic carbocycles. The van der Waals surface area contributed by atoms with Gasteiger partial charge in [-0.2, -0.15) is 5.26 Å². The maximum absolute atomic E-state index is 9.55. The number of carbonyl (C=O) groups is 2.